The largest absolute Gasteiger partial charge is 0.0999 e. The minimum Gasteiger partial charge on any atom is -0.0999 e. The van der Waals surface area contributed by atoms with Crippen LogP contribution in [0, 0.1) is 6.92 Å². The molecule has 0 amide bonds. The lowest BCUT2D eigenvalue weighted by molar-refractivity contribution is 0.569. The van der Waals surface area contributed by atoms with Crippen molar-refractivity contribution in [1.82, 2.24) is 0 Å². The Morgan fingerprint density at radius 3 is 1.53 bits per heavy atom. The Morgan fingerprint density at radius 2 is 1.05 bits per heavy atom. The first kappa shape index (κ1) is 18.7. The molecule has 0 rings (SSSR count). The summed E-state index contributed by atoms with van der Waals surface area (Å²) in [5, 5.41) is 0. The molecule has 1 radical (unpaired) electrons. The van der Waals surface area contributed by atoms with Gasteiger partial charge in [-0.3, -0.25) is 0 Å². The van der Waals surface area contributed by atoms with Crippen LogP contribution in [0.5, 0.6) is 0 Å². The zero-order valence-corrected chi connectivity index (χ0v) is 13.5. The predicted molar refractivity (Wildman–Crippen MR) is 89.4 cm³/mol. The number of rotatable bonds is 15. The van der Waals surface area contributed by atoms with Gasteiger partial charge in [-0.25, -0.2) is 0 Å². The van der Waals surface area contributed by atoms with Gasteiger partial charge in [-0.1, -0.05) is 96.6 Å². The van der Waals surface area contributed by atoms with Crippen molar-refractivity contribution in [1.29, 1.82) is 0 Å². The highest BCUT2D eigenvalue weighted by molar-refractivity contribution is 4.93. The minimum atomic E-state index is 1.10. The summed E-state index contributed by atoms with van der Waals surface area (Å²) in [6.45, 7) is 10.4. The van der Waals surface area contributed by atoms with E-state index >= 15 is 0 Å². The number of allylic oxidation sites excluding steroid dienone is 1. The van der Waals surface area contributed by atoms with Crippen LogP contribution in [0.1, 0.15) is 103 Å². The normalized spacial score (nSPS) is 10.8. The monoisotopic (exact) mass is 265 g/mol. The van der Waals surface area contributed by atoms with Crippen molar-refractivity contribution in [2.75, 3.05) is 0 Å². The summed E-state index contributed by atoms with van der Waals surface area (Å²) in [6, 6.07) is 0. The van der Waals surface area contributed by atoms with Gasteiger partial charge in [-0.15, -0.1) is 0 Å². The van der Waals surface area contributed by atoms with Crippen LogP contribution in [0.15, 0.2) is 12.2 Å². The van der Waals surface area contributed by atoms with E-state index in [1.807, 2.05) is 0 Å². The molecule has 0 unspecified atom stereocenters. The second-order valence-electron chi connectivity index (χ2n) is 5.99. The van der Waals surface area contributed by atoms with Gasteiger partial charge in [-0.05, 0) is 25.7 Å². The fraction of sp³-hybridized carbons (Fsp3) is 0.842. The van der Waals surface area contributed by atoms with Gasteiger partial charge in [0.15, 0.2) is 0 Å². The molecule has 0 saturated heterocycles. The SMILES string of the molecule is [CH2]CCCCCCC(=C)CCCCCCCCCC. The van der Waals surface area contributed by atoms with Gasteiger partial charge >= 0.3 is 0 Å². The molecule has 0 aliphatic rings. The molecule has 0 aromatic heterocycles. The van der Waals surface area contributed by atoms with Crippen molar-refractivity contribution in [2.24, 2.45) is 0 Å². The van der Waals surface area contributed by atoms with Crippen molar-refractivity contribution >= 4 is 0 Å². The van der Waals surface area contributed by atoms with Crippen LogP contribution < -0.4 is 0 Å². The second kappa shape index (κ2) is 15.8. The molecule has 0 aliphatic carbocycles. The van der Waals surface area contributed by atoms with Crippen molar-refractivity contribution in [2.45, 2.75) is 103 Å². The van der Waals surface area contributed by atoms with E-state index in [2.05, 4.69) is 20.4 Å². The van der Waals surface area contributed by atoms with Gasteiger partial charge in [-0.2, -0.15) is 0 Å². The summed E-state index contributed by atoms with van der Waals surface area (Å²) < 4.78 is 0. The molecule has 19 heavy (non-hydrogen) atoms. The maximum Gasteiger partial charge on any atom is -0.0323 e. The summed E-state index contributed by atoms with van der Waals surface area (Å²) >= 11 is 0. The molecule has 0 heteroatoms. The van der Waals surface area contributed by atoms with E-state index in [-0.39, 0.29) is 0 Å². The topological polar surface area (TPSA) is 0 Å². The molecule has 0 nitrogen and oxygen atoms in total. The molecular weight excluding hydrogens is 228 g/mol. The second-order valence-corrected chi connectivity index (χ2v) is 5.99. The van der Waals surface area contributed by atoms with E-state index in [9.17, 15) is 0 Å². The van der Waals surface area contributed by atoms with E-state index in [4.69, 9.17) is 0 Å². The summed E-state index contributed by atoms with van der Waals surface area (Å²) in [5.41, 5.74) is 1.49. The first-order valence-electron chi connectivity index (χ1n) is 8.77. The van der Waals surface area contributed by atoms with E-state index in [1.165, 1.54) is 95.5 Å². The van der Waals surface area contributed by atoms with Crippen LogP contribution in [0.3, 0.4) is 0 Å². The highest BCUT2D eigenvalue weighted by atomic mass is 14.0. The predicted octanol–water partition coefficient (Wildman–Crippen LogP) is 7.25. The van der Waals surface area contributed by atoms with Crippen molar-refractivity contribution in [3.63, 3.8) is 0 Å². The molecule has 0 bridgehead atoms. The van der Waals surface area contributed by atoms with Crippen LogP contribution in [0.2, 0.25) is 0 Å². The highest BCUT2D eigenvalue weighted by Crippen LogP contribution is 2.16. The van der Waals surface area contributed by atoms with Gasteiger partial charge in [0.1, 0.15) is 0 Å². The molecular formula is C19H37. The zero-order valence-electron chi connectivity index (χ0n) is 13.5. The molecule has 0 spiro atoms. The molecule has 0 aliphatic heterocycles. The first-order valence-corrected chi connectivity index (χ1v) is 8.77. The van der Waals surface area contributed by atoms with Crippen molar-refractivity contribution < 1.29 is 0 Å². The maximum absolute atomic E-state index is 4.22. The van der Waals surface area contributed by atoms with Crippen molar-refractivity contribution in [3.8, 4) is 0 Å². The molecule has 113 valence electrons. The van der Waals surface area contributed by atoms with Gasteiger partial charge in [0.2, 0.25) is 0 Å². The molecule has 0 atom stereocenters. The molecule has 0 saturated carbocycles. The van der Waals surface area contributed by atoms with Gasteiger partial charge < -0.3 is 0 Å². The average molecular weight is 266 g/mol. The molecule has 0 heterocycles. The summed E-state index contributed by atoms with van der Waals surface area (Å²) in [4.78, 5) is 0. The fourth-order valence-corrected chi connectivity index (χ4v) is 2.54. The molecule has 0 fully saturated rings. The Labute approximate surface area is 123 Å². The Hall–Kier alpha value is -0.260. The summed E-state index contributed by atoms with van der Waals surface area (Å²) in [7, 11) is 0. The van der Waals surface area contributed by atoms with E-state index in [0.717, 1.165) is 6.42 Å². The fourth-order valence-electron chi connectivity index (χ4n) is 2.54. The number of hydrogen-bond acceptors (Lipinski definition) is 0. The third-order valence-corrected chi connectivity index (χ3v) is 3.91. The van der Waals surface area contributed by atoms with Crippen LogP contribution in [0.4, 0.5) is 0 Å². The van der Waals surface area contributed by atoms with Gasteiger partial charge in [0.05, 0.1) is 0 Å². The highest BCUT2D eigenvalue weighted by Gasteiger charge is 1.97. The first-order chi connectivity index (χ1) is 9.31. The Balaban J connectivity index is 3.12. The Kier molecular flexibility index (Phi) is 15.6. The molecule has 0 aromatic carbocycles. The van der Waals surface area contributed by atoms with E-state index < -0.39 is 0 Å². The van der Waals surface area contributed by atoms with Crippen LogP contribution >= 0.6 is 0 Å². The van der Waals surface area contributed by atoms with E-state index in [1.54, 1.807) is 0 Å². The average Bonchev–Trinajstić information content (AvgIpc) is 2.41. The quantitative estimate of drug-likeness (QED) is 0.216. The third kappa shape index (κ3) is 15.7. The van der Waals surface area contributed by atoms with Crippen molar-refractivity contribution in [3.05, 3.63) is 19.1 Å². The smallest absolute Gasteiger partial charge is 0.0323 e. The number of hydrogen-bond donors (Lipinski definition) is 0. The van der Waals surface area contributed by atoms with Crippen LogP contribution in [0.25, 0.3) is 0 Å². The molecule has 0 N–H and O–H groups in total. The lowest BCUT2D eigenvalue weighted by atomic mass is 10.0. The van der Waals surface area contributed by atoms with Crippen LogP contribution in [-0.4, -0.2) is 0 Å². The molecule has 0 aromatic rings. The zero-order chi connectivity index (χ0) is 14.2. The van der Waals surface area contributed by atoms with E-state index in [0.29, 0.717) is 0 Å². The lowest BCUT2D eigenvalue weighted by Gasteiger charge is -2.06. The van der Waals surface area contributed by atoms with Gasteiger partial charge in [0, 0.05) is 0 Å². The standard InChI is InChI=1S/C19H37/c1-4-6-8-10-11-12-14-16-18-19(3)17-15-13-9-7-5-2/h2-18H2,1H3. The summed E-state index contributed by atoms with van der Waals surface area (Å²) in [6.07, 6.45) is 20.3. The minimum absolute atomic E-state index is 1.10. The van der Waals surface area contributed by atoms with Gasteiger partial charge in [0.25, 0.3) is 0 Å². The van der Waals surface area contributed by atoms with Crippen LogP contribution in [-0.2, 0) is 0 Å². The third-order valence-electron chi connectivity index (χ3n) is 3.91. The Bertz CT molecular complexity index is 180. The summed E-state index contributed by atoms with van der Waals surface area (Å²) in [5.74, 6) is 0. The lowest BCUT2D eigenvalue weighted by Crippen LogP contribution is -1.86. The Morgan fingerprint density at radius 1 is 0.632 bits per heavy atom. The number of unbranched alkanes of at least 4 members (excludes halogenated alkanes) is 11. The maximum atomic E-state index is 4.22.